The number of alkyl halides is 2. The van der Waals surface area contributed by atoms with Crippen LogP contribution >= 0.6 is 23.4 Å². The molecule has 1 aliphatic heterocycles. The van der Waals surface area contributed by atoms with Gasteiger partial charge in [0.1, 0.15) is 17.2 Å². The molecule has 0 bridgehead atoms. The minimum absolute atomic E-state index is 0.00168. The molecule has 5 nitrogen and oxygen atoms in total. The van der Waals surface area contributed by atoms with Gasteiger partial charge in [0.2, 0.25) is 0 Å². The fraction of sp³-hybridized carbons (Fsp3) is 0.0909. The Hall–Kier alpha value is -3.10. The first-order chi connectivity index (χ1) is 15.0. The number of carbonyl (C=O) groups excluding carboxylic acids is 1. The summed E-state index contributed by atoms with van der Waals surface area (Å²) in [6.07, 6.45) is 3.06. The number of hydrogen-bond acceptors (Lipinski definition) is 5. The number of benzene rings is 2. The highest BCUT2D eigenvalue weighted by Crippen LogP contribution is 2.32. The molecule has 0 fully saturated rings. The van der Waals surface area contributed by atoms with Gasteiger partial charge in [-0.1, -0.05) is 35.5 Å². The van der Waals surface area contributed by atoms with Crippen molar-refractivity contribution in [2.24, 2.45) is 4.99 Å². The number of aliphatic imine (C=N–C) groups is 1. The quantitative estimate of drug-likeness (QED) is 0.410. The molecule has 1 aromatic heterocycles. The van der Waals surface area contributed by atoms with Gasteiger partial charge in [0.05, 0.1) is 12.0 Å². The number of hydrogen-bond donors (Lipinski definition) is 0. The third-order valence-electron chi connectivity index (χ3n) is 4.23. The van der Waals surface area contributed by atoms with Crippen molar-refractivity contribution in [1.82, 2.24) is 0 Å². The normalized spacial score (nSPS) is 15.1. The molecule has 2 heterocycles. The molecule has 4 rings (SSSR count). The van der Waals surface area contributed by atoms with Crippen molar-refractivity contribution in [1.29, 1.82) is 0 Å². The van der Waals surface area contributed by atoms with Gasteiger partial charge in [-0.15, -0.1) is 0 Å². The fourth-order valence-corrected chi connectivity index (χ4v) is 4.05. The zero-order valence-corrected chi connectivity index (χ0v) is 17.4. The Kier molecular flexibility index (Phi) is 6.39. The molecule has 0 N–H and O–H groups in total. The lowest BCUT2D eigenvalue weighted by molar-refractivity contribution is -0.113. The number of halogens is 3. The second kappa shape index (κ2) is 9.36. The lowest BCUT2D eigenvalue weighted by atomic mass is 10.2. The Morgan fingerprint density at radius 2 is 1.97 bits per heavy atom. The first-order valence-corrected chi connectivity index (χ1v) is 10.5. The van der Waals surface area contributed by atoms with E-state index in [1.807, 2.05) is 18.2 Å². The Bertz CT molecular complexity index is 1130. The highest BCUT2D eigenvalue weighted by molar-refractivity contribution is 8.13. The molecular weight excluding hydrogens is 446 g/mol. The van der Waals surface area contributed by atoms with E-state index >= 15 is 0 Å². The summed E-state index contributed by atoms with van der Waals surface area (Å²) >= 11 is 7.41. The average Bonchev–Trinajstić information content (AvgIpc) is 3.35. The number of anilines is 1. The largest absolute Gasteiger partial charge is 0.465 e. The van der Waals surface area contributed by atoms with Gasteiger partial charge in [0.25, 0.3) is 5.91 Å². The Morgan fingerprint density at radius 1 is 1.16 bits per heavy atom. The van der Waals surface area contributed by atoms with Crippen LogP contribution < -0.4 is 9.64 Å². The molecule has 1 aliphatic rings. The van der Waals surface area contributed by atoms with E-state index in [1.165, 1.54) is 47.2 Å². The van der Waals surface area contributed by atoms with Gasteiger partial charge in [0, 0.05) is 16.9 Å². The van der Waals surface area contributed by atoms with Crippen molar-refractivity contribution in [3.63, 3.8) is 0 Å². The number of rotatable bonds is 6. The van der Waals surface area contributed by atoms with Crippen LogP contribution in [0.2, 0.25) is 5.02 Å². The summed E-state index contributed by atoms with van der Waals surface area (Å²) < 4.78 is 34.5. The highest BCUT2D eigenvalue weighted by atomic mass is 35.5. The van der Waals surface area contributed by atoms with Gasteiger partial charge in [0.15, 0.2) is 5.17 Å². The summed E-state index contributed by atoms with van der Waals surface area (Å²) in [4.78, 5) is 19.0. The van der Waals surface area contributed by atoms with Crippen LogP contribution in [0.15, 0.2) is 82.0 Å². The first-order valence-electron chi connectivity index (χ1n) is 9.10. The molecule has 0 aliphatic carbocycles. The Balaban J connectivity index is 1.62. The Morgan fingerprint density at radius 3 is 2.65 bits per heavy atom. The number of thioether (sulfide) groups is 1. The van der Waals surface area contributed by atoms with Crippen molar-refractivity contribution >= 4 is 46.2 Å². The monoisotopic (exact) mass is 460 g/mol. The molecule has 0 saturated carbocycles. The maximum atomic E-state index is 13.1. The summed E-state index contributed by atoms with van der Waals surface area (Å²) in [5, 5.41) is 1.07. The molecule has 0 atom stereocenters. The van der Waals surface area contributed by atoms with Crippen molar-refractivity contribution < 1.29 is 22.7 Å². The van der Waals surface area contributed by atoms with E-state index in [4.69, 9.17) is 16.0 Å². The second-order valence-electron chi connectivity index (χ2n) is 6.37. The maximum absolute atomic E-state index is 13.1. The van der Waals surface area contributed by atoms with E-state index in [0.717, 1.165) is 5.56 Å². The zero-order chi connectivity index (χ0) is 21.8. The van der Waals surface area contributed by atoms with Crippen LogP contribution in [0, 0.1) is 0 Å². The number of amides is 1. The lowest BCUT2D eigenvalue weighted by Gasteiger charge is -2.18. The van der Waals surface area contributed by atoms with E-state index in [1.54, 1.807) is 24.3 Å². The summed E-state index contributed by atoms with van der Waals surface area (Å²) in [6.45, 7) is -2.92. The van der Waals surface area contributed by atoms with E-state index in [2.05, 4.69) is 9.73 Å². The standard InChI is InChI=1S/C22H15ClF2N2O3S/c23-15-4-1-3-14(11-15)13-31-22-26-19(12-18-5-2-10-29-18)20(28)27(22)16-6-8-17(9-7-16)30-21(24)25/h1-12,21H,13H2. The van der Waals surface area contributed by atoms with E-state index < -0.39 is 6.61 Å². The number of nitrogens with zero attached hydrogens (tertiary/aromatic N) is 2. The molecule has 0 unspecified atom stereocenters. The molecule has 9 heteroatoms. The van der Waals surface area contributed by atoms with Crippen molar-refractivity contribution in [3.8, 4) is 5.75 Å². The van der Waals surface area contributed by atoms with Crippen LogP contribution in [0.4, 0.5) is 14.5 Å². The topological polar surface area (TPSA) is 55.0 Å². The summed E-state index contributed by atoms with van der Waals surface area (Å²) in [7, 11) is 0. The third-order valence-corrected chi connectivity index (χ3v) is 5.47. The fourth-order valence-electron chi connectivity index (χ4n) is 2.88. The summed E-state index contributed by atoms with van der Waals surface area (Å²) in [5.41, 5.74) is 1.65. The highest BCUT2D eigenvalue weighted by Gasteiger charge is 2.32. The molecule has 2 aromatic carbocycles. The molecule has 0 spiro atoms. The van der Waals surface area contributed by atoms with Gasteiger partial charge in [-0.3, -0.25) is 9.69 Å². The van der Waals surface area contributed by atoms with Crippen molar-refractivity contribution in [2.75, 3.05) is 4.90 Å². The average molecular weight is 461 g/mol. The zero-order valence-electron chi connectivity index (χ0n) is 15.9. The van der Waals surface area contributed by atoms with Gasteiger partial charge in [-0.2, -0.15) is 8.78 Å². The van der Waals surface area contributed by atoms with Crippen LogP contribution in [0.3, 0.4) is 0 Å². The Labute approximate surface area is 186 Å². The smallest absolute Gasteiger partial charge is 0.387 e. The van der Waals surface area contributed by atoms with Gasteiger partial charge < -0.3 is 9.15 Å². The van der Waals surface area contributed by atoms with Crippen LogP contribution in [-0.4, -0.2) is 17.7 Å². The van der Waals surface area contributed by atoms with Crippen LogP contribution in [0.1, 0.15) is 11.3 Å². The minimum Gasteiger partial charge on any atom is -0.465 e. The molecular formula is C22H15ClF2N2O3S. The molecule has 3 aromatic rings. The van der Waals surface area contributed by atoms with E-state index in [9.17, 15) is 13.6 Å². The molecule has 158 valence electrons. The van der Waals surface area contributed by atoms with Gasteiger partial charge in [-0.25, -0.2) is 4.99 Å². The van der Waals surface area contributed by atoms with Crippen molar-refractivity contribution in [2.45, 2.75) is 12.4 Å². The van der Waals surface area contributed by atoms with Crippen molar-refractivity contribution in [3.05, 3.63) is 89.0 Å². The predicted molar refractivity (Wildman–Crippen MR) is 117 cm³/mol. The molecule has 0 radical (unpaired) electrons. The minimum atomic E-state index is -2.92. The first kappa shape index (κ1) is 21.1. The number of furan rings is 1. The number of ether oxygens (including phenoxy) is 1. The predicted octanol–water partition coefficient (Wildman–Crippen LogP) is 6.21. The SMILES string of the molecule is O=C1C(=Cc2ccco2)N=C(SCc2cccc(Cl)c2)N1c1ccc(OC(F)F)cc1. The van der Waals surface area contributed by atoms with Crippen LogP contribution in [0.25, 0.3) is 6.08 Å². The summed E-state index contributed by atoms with van der Waals surface area (Å²) in [6, 6.07) is 16.6. The third kappa shape index (κ3) is 5.15. The van der Waals surface area contributed by atoms with Crippen LogP contribution in [0.5, 0.6) is 5.75 Å². The second-order valence-corrected chi connectivity index (χ2v) is 7.75. The molecule has 31 heavy (non-hydrogen) atoms. The van der Waals surface area contributed by atoms with Gasteiger partial charge in [-0.05, 0) is 54.1 Å². The molecule has 1 amide bonds. The van der Waals surface area contributed by atoms with Gasteiger partial charge >= 0.3 is 6.61 Å². The number of carbonyl (C=O) groups is 1. The van der Waals surface area contributed by atoms with E-state index in [-0.39, 0.29) is 17.4 Å². The molecule has 0 saturated heterocycles. The summed E-state index contributed by atoms with van der Waals surface area (Å²) in [5.74, 6) is 0.673. The maximum Gasteiger partial charge on any atom is 0.387 e. The lowest BCUT2D eigenvalue weighted by Crippen LogP contribution is -2.30. The van der Waals surface area contributed by atoms with E-state index in [0.29, 0.717) is 27.4 Å². The van der Waals surface area contributed by atoms with Crippen LogP contribution in [-0.2, 0) is 10.5 Å². The number of amidine groups is 1.